The van der Waals surface area contributed by atoms with Gasteiger partial charge >= 0.3 is 0 Å². The lowest BCUT2D eigenvalue weighted by atomic mass is 10.2. The van der Waals surface area contributed by atoms with Gasteiger partial charge in [-0.1, -0.05) is 6.07 Å². The van der Waals surface area contributed by atoms with Gasteiger partial charge in [-0.25, -0.2) is 18.4 Å². The van der Waals surface area contributed by atoms with Crippen LogP contribution in [-0.2, 0) is 14.8 Å². The fourth-order valence-electron chi connectivity index (χ4n) is 3.77. The van der Waals surface area contributed by atoms with Crippen molar-refractivity contribution >= 4 is 16.0 Å². The Bertz CT molecular complexity index is 1460. The normalized spacial score (nSPS) is 13.2. The maximum atomic E-state index is 13.6. The number of para-hydroxylation sites is 1. The third kappa shape index (κ3) is 5.13. The molecule has 0 spiro atoms. The van der Waals surface area contributed by atoms with E-state index in [1.807, 2.05) is 6.92 Å². The van der Waals surface area contributed by atoms with Gasteiger partial charge in [0, 0.05) is 19.5 Å². The fraction of sp³-hybridized carbons (Fsp3) is 0.333. The van der Waals surface area contributed by atoms with Gasteiger partial charge in [0.25, 0.3) is 0 Å². The van der Waals surface area contributed by atoms with E-state index in [1.54, 1.807) is 49.6 Å². The van der Waals surface area contributed by atoms with Gasteiger partial charge in [-0.2, -0.15) is 0 Å². The van der Waals surface area contributed by atoms with E-state index in [0.717, 1.165) is 5.56 Å². The molecular formula is C24H28N6O6S. The summed E-state index contributed by atoms with van der Waals surface area (Å²) in [4.78, 5) is 8.48. The molecule has 1 aromatic carbocycles. The van der Waals surface area contributed by atoms with E-state index >= 15 is 0 Å². The highest BCUT2D eigenvalue weighted by molar-refractivity contribution is 7.93. The third-order valence-electron chi connectivity index (χ3n) is 5.71. The molecule has 1 N–H and O–H groups in total. The number of hydrogen-bond donors (Lipinski definition) is 1. The number of aromatic nitrogens is 5. The third-order valence-corrected chi connectivity index (χ3v) is 7.40. The molecule has 0 fully saturated rings. The smallest absolute Gasteiger partial charge is 0.243 e. The first kappa shape index (κ1) is 26.1. The Labute approximate surface area is 214 Å². The summed E-state index contributed by atoms with van der Waals surface area (Å²) < 4.78 is 53.6. The zero-order valence-corrected chi connectivity index (χ0v) is 22.1. The van der Waals surface area contributed by atoms with E-state index in [0.29, 0.717) is 28.7 Å². The molecule has 2 atom stereocenters. The van der Waals surface area contributed by atoms with E-state index in [2.05, 4.69) is 24.9 Å². The number of nitrogens with zero attached hydrogens (tertiary/aromatic N) is 5. The number of methoxy groups -OCH3 is 3. The number of furan rings is 1. The van der Waals surface area contributed by atoms with Crippen LogP contribution in [0.1, 0.15) is 30.2 Å². The van der Waals surface area contributed by atoms with Gasteiger partial charge in [0.15, 0.2) is 11.6 Å². The molecule has 13 heteroatoms. The van der Waals surface area contributed by atoms with E-state index in [4.69, 9.17) is 18.6 Å². The molecule has 0 saturated heterocycles. The summed E-state index contributed by atoms with van der Waals surface area (Å²) >= 11 is 0. The Kier molecular flexibility index (Phi) is 7.45. The Morgan fingerprint density at radius 2 is 1.62 bits per heavy atom. The quantitative estimate of drug-likeness (QED) is 0.325. The van der Waals surface area contributed by atoms with Gasteiger partial charge in [0.05, 0.1) is 14.2 Å². The molecule has 0 aliphatic heterocycles. The molecule has 0 aliphatic carbocycles. The zero-order chi connectivity index (χ0) is 26.7. The number of rotatable bonds is 10. The van der Waals surface area contributed by atoms with Crippen molar-refractivity contribution in [1.29, 1.82) is 0 Å². The molecule has 0 saturated carbocycles. The van der Waals surface area contributed by atoms with Crippen molar-refractivity contribution in [3.05, 3.63) is 59.9 Å². The highest BCUT2D eigenvalue weighted by Crippen LogP contribution is 2.38. The van der Waals surface area contributed by atoms with Crippen LogP contribution < -0.4 is 14.2 Å². The lowest BCUT2D eigenvalue weighted by Gasteiger charge is -2.22. The molecule has 4 aromatic rings. The maximum Gasteiger partial charge on any atom is 0.243 e. The minimum Gasteiger partial charge on any atom is -0.494 e. The largest absolute Gasteiger partial charge is 0.494 e. The molecule has 0 amide bonds. The Balaban J connectivity index is 1.82. The molecule has 2 unspecified atom stereocenters. The number of nitrogens with one attached hydrogen (secondary N) is 1. The van der Waals surface area contributed by atoms with E-state index < -0.39 is 21.4 Å². The van der Waals surface area contributed by atoms with Crippen LogP contribution in [0.25, 0.3) is 17.3 Å². The molecule has 12 nitrogen and oxygen atoms in total. The van der Waals surface area contributed by atoms with Crippen LogP contribution in [0.4, 0.5) is 5.95 Å². The molecular weight excluding hydrogens is 500 g/mol. The van der Waals surface area contributed by atoms with Crippen LogP contribution in [0, 0.1) is 13.8 Å². The first-order valence-corrected chi connectivity index (χ1v) is 12.8. The minimum atomic E-state index is -4.11. The Morgan fingerprint density at radius 3 is 2.16 bits per heavy atom. The first-order valence-electron chi connectivity index (χ1n) is 11.3. The van der Waals surface area contributed by atoms with Gasteiger partial charge in [-0.3, -0.25) is 9.29 Å². The number of ether oxygens (including phenoxy) is 3. The molecule has 4 rings (SSSR count). The number of aryl methyl sites for hydroxylation is 2. The summed E-state index contributed by atoms with van der Waals surface area (Å²) in [5, 5.41) is 7.28. The highest BCUT2D eigenvalue weighted by Gasteiger charge is 2.35. The summed E-state index contributed by atoms with van der Waals surface area (Å²) in [7, 11) is 0.288. The number of anilines is 1. The number of benzene rings is 1. The first-order chi connectivity index (χ1) is 17.7. The summed E-state index contributed by atoms with van der Waals surface area (Å²) in [6, 6.07) is 8.66. The van der Waals surface area contributed by atoms with Crippen LogP contribution in [0.2, 0.25) is 0 Å². The van der Waals surface area contributed by atoms with Crippen molar-refractivity contribution in [1.82, 2.24) is 24.7 Å². The molecule has 37 heavy (non-hydrogen) atoms. The lowest BCUT2D eigenvalue weighted by molar-refractivity contribution is 0.0949. The van der Waals surface area contributed by atoms with E-state index in [-0.39, 0.29) is 17.6 Å². The predicted molar refractivity (Wildman–Crippen MR) is 135 cm³/mol. The van der Waals surface area contributed by atoms with Crippen molar-refractivity contribution in [2.24, 2.45) is 0 Å². The topological polar surface area (TPSA) is 143 Å². The van der Waals surface area contributed by atoms with Gasteiger partial charge < -0.3 is 18.6 Å². The second-order valence-corrected chi connectivity index (χ2v) is 10.3. The van der Waals surface area contributed by atoms with Crippen molar-refractivity contribution in [3.8, 4) is 28.8 Å². The SMILES string of the molecule is COc1cccc(OC)c1-n1c(NS(=O)(=O)C(C)C(OC)c2ncc(C)cn2)nnc1-c1ccc(C)o1. The van der Waals surface area contributed by atoms with Gasteiger partial charge in [-0.05, 0) is 50.6 Å². The van der Waals surface area contributed by atoms with Crippen molar-refractivity contribution in [2.75, 3.05) is 26.1 Å². The summed E-state index contributed by atoms with van der Waals surface area (Å²) in [5.74, 6) is 2.21. The molecule has 3 aromatic heterocycles. The maximum absolute atomic E-state index is 13.6. The molecule has 0 aliphatic rings. The van der Waals surface area contributed by atoms with Crippen LogP contribution in [-0.4, -0.2) is 59.7 Å². The van der Waals surface area contributed by atoms with Crippen LogP contribution >= 0.6 is 0 Å². The lowest BCUT2D eigenvalue weighted by Crippen LogP contribution is -2.33. The molecule has 196 valence electrons. The summed E-state index contributed by atoms with van der Waals surface area (Å²) in [5.41, 5.74) is 1.23. The highest BCUT2D eigenvalue weighted by atomic mass is 32.2. The van der Waals surface area contributed by atoms with Gasteiger partial charge in [0.1, 0.15) is 34.3 Å². The van der Waals surface area contributed by atoms with Gasteiger partial charge in [0.2, 0.25) is 21.8 Å². The summed E-state index contributed by atoms with van der Waals surface area (Å²) in [6.07, 6.45) is 2.26. The minimum absolute atomic E-state index is 0.0987. The van der Waals surface area contributed by atoms with E-state index in [1.165, 1.54) is 32.8 Å². The van der Waals surface area contributed by atoms with Crippen LogP contribution in [0.3, 0.4) is 0 Å². The number of sulfonamides is 1. The average Bonchev–Trinajstić information content (AvgIpc) is 3.50. The second-order valence-electron chi connectivity index (χ2n) is 8.23. The van der Waals surface area contributed by atoms with Crippen molar-refractivity contribution in [3.63, 3.8) is 0 Å². The second kappa shape index (κ2) is 10.6. The average molecular weight is 529 g/mol. The zero-order valence-electron chi connectivity index (χ0n) is 21.3. The molecule has 3 heterocycles. The van der Waals surface area contributed by atoms with Crippen LogP contribution in [0.15, 0.2) is 47.1 Å². The predicted octanol–water partition coefficient (Wildman–Crippen LogP) is 3.47. The number of hydrogen-bond acceptors (Lipinski definition) is 10. The molecule has 0 bridgehead atoms. The van der Waals surface area contributed by atoms with Crippen LogP contribution in [0.5, 0.6) is 11.5 Å². The van der Waals surface area contributed by atoms with Gasteiger partial charge in [-0.15, -0.1) is 10.2 Å². The summed E-state index contributed by atoms with van der Waals surface area (Å²) in [6.45, 7) is 5.13. The van der Waals surface area contributed by atoms with Crippen molar-refractivity contribution in [2.45, 2.75) is 32.1 Å². The fourth-order valence-corrected chi connectivity index (χ4v) is 4.90. The monoisotopic (exact) mass is 528 g/mol. The standard InChI is InChI=1S/C24H28N6O6S/c1-14-12-25-22(26-13-14)21(35-6)16(3)37(31,32)29-24-28-27-23(19-11-10-15(2)36-19)30(24)20-17(33-4)8-7-9-18(20)34-5/h7-13,16,21H,1-6H3,(H,28,29). The molecule has 0 radical (unpaired) electrons. The Hall–Kier alpha value is -3.97. The van der Waals surface area contributed by atoms with Crippen molar-refractivity contribution < 1.29 is 27.0 Å². The Morgan fingerprint density at radius 1 is 0.973 bits per heavy atom. The van der Waals surface area contributed by atoms with E-state index in [9.17, 15) is 8.42 Å².